The van der Waals surface area contributed by atoms with Gasteiger partial charge < -0.3 is 10.1 Å². The molecule has 0 bridgehead atoms. The smallest absolute Gasteiger partial charge is 0.224 e. The van der Waals surface area contributed by atoms with Crippen LogP contribution in [0.25, 0.3) is 0 Å². The van der Waals surface area contributed by atoms with Gasteiger partial charge in [-0.05, 0) is 17.9 Å². The van der Waals surface area contributed by atoms with Crippen LogP contribution in [0, 0.1) is 11.8 Å². The molecule has 106 valence electrons. The molecule has 1 fully saturated rings. The minimum absolute atomic E-state index is 0.0578. The number of aryl methyl sites for hydroxylation is 1. The molecule has 0 aromatic carbocycles. The lowest BCUT2D eigenvalue weighted by Crippen LogP contribution is -2.35. The van der Waals surface area contributed by atoms with Crippen molar-refractivity contribution in [2.24, 2.45) is 18.9 Å². The molecule has 1 aromatic heterocycles. The van der Waals surface area contributed by atoms with E-state index in [-0.39, 0.29) is 12.0 Å². The molecule has 5 nitrogen and oxygen atoms in total. The highest BCUT2D eigenvalue weighted by atomic mass is 16.5. The van der Waals surface area contributed by atoms with E-state index in [2.05, 4.69) is 24.3 Å². The van der Waals surface area contributed by atoms with E-state index in [4.69, 9.17) is 4.74 Å². The highest BCUT2D eigenvalue weighted by Crippen LogP contribution is 2.26. The van der Waals surface area contributed by atoms with Crippen LogP contribution in [0.1, 0.15) is 25.8 Å². The van der Waals surface area contributed by atoms with E-state index >= 15 is 0 Å². The standard InChI is InChI=1S/C14H23N3O2/c1-10(2)14-12(4-5-19-14)8-15-13(18)6-11-7-16-17(3)9-11/h7,9-10,12,14H,4-6,8H2,1-3H3,(H,15,18)/t12-,14-/m1/s1. The number of rotatable bonds is 5. The van der Waals surface area contributed by atoms with Crippen LogP contribution in [0.4, 0.5) is 0 Å². The van der Waals surface area contributed by atoms with Gasteiger partial charge in [-0.2, -0.15) is 5.10 Å². The number of nitrogens with one attached hydrogen (secondary N) is 1. The van der Waals surface area contributed by atoms with Gasteiger partial charge in [0.25, 0.3) is 0 Å². The Balaban J connectivity index is 1.77. The van der Waals surface area contributed by atoms with Crippen LogP contribution in [0.15, 0.2) is 12.4 Å². The second-order valence-electron chi connectivity index (χ2n) is 5.63. The van der Waals surface area contributed by atoms with E-state index in [1.54, 1.807) is 10.9 Å². The van der Waals surface area contributed by atoms with Gasteiger partial charge >= 0.3 is 0 Å². The fourth-order valence-electron chi connectivity index (χ4n) is 2.67. The Bertz CT molecular complexity index is 428. The van der Waals surface area contributed by atoms with Crippen molar-refractivity contribution in [3.63, 3.8) is 0 Å². The van der Waals surface area contributed by atoms with E-state index in [0.29, 0.717) is 24.8 Å². The molecule has 0 aliphatic carbocycles. The molecule has 1 amide bonds. The van der Waals surface area contributed by atoms with Gasteiger partial charge in [0.2, 0.25) is 5.91 Å². The van der Waals surface area contributed by atoms with Crippen molar-refractivity contribution >= 4 is 5.91 Å². The van der Waals surface area contributed by atoms with Crippen molar-refractivity contribution in [2.75, 3.05) is 13.2 Å². The third-order valence-electron chi connectivity index (χ3n) is 3.61. The number of amides is 1. The first-order valence-corrected chi connectivity index (χ1v) is 6.92. The number of nitrogens with zero attached hydrogens (tertiary/aromatic N) is 2. The highest BCUT2D eigenvalue weighted by molar-refractivity contribution is 5.78. The van der Waals surface area contributed by atoms with Crippen molar-refractivity contribution in [3.05, 3.63) is 18.0 Å². The van der Waals surface area contributed by atoms with Gasteiger partial charge in [-0.3, -0.25) is 9.48 Å². The monoisotopic (exact) mass is 265 g/mol. The molecule has 0 spiro atoms. The first kappa shape index (κ1) is 14.1. The van der Waals surface area contributed by atoms with Gasteiger partial charge in [0.05, 0.1) is 18.7 Å². The normalized spacial score (nSPS) is 22.9. The van der Waals surface area contributed by atoms with Crippen LogP contribution in [-0.2, 0) is 23.0 Å². The molecule has 1 N–H and O–H groups in total. The van der Waals surface area contributed by atoms with Crippen LogP contribution in [-0.4, -0.2) is 34.9 Å². The van der Waals surface area contributed by atoms with E-state index in [0.717, 1.165) is 18.6 Å². The Hall–Kier alpha value is -1.36. The third kappa shape index (κ3) is 3.80. The number of aromatic nitrogens is 2. The van der Waals surface area contributed by atoms with Crippen molar-refractivity contribution in [1.29, 1.82) is 0 Å². The maximum Gasteiger partial charge on any atom is 0.224 e. The minimum Gasteiger partial charge on any atom is -0.378 e. The van der Waals surface area contributed by atoms with E-state index in [1.807, 2.05) is 13.2 Å². The van der Waals surface area contributed by atoms with Gasteiger partial charge in [0, 0.05) is 32.3 Å². The molecule has 2 heterocycles. The summed E-state index contributed by atoms with van der Waals surface area (Å²) in [6, 6.07) is 0. The summed E-state index contributed by atoms with van der Waals surface area (Å²) in [7, 11) is 1.85. The van der Waals surface area contributed by atoms with Crippen LogP contribution in [0.3, 0.4) is 0 Å². The Morgan fingerprint density at radius 3 is 3.05 bits per heavy atom. The lowest BCUT2D eigenvalue weighted by Gasteiger charge is -2.22. The summed E-state index contributed by atoms with van der Waals surface area (Å²) in [6.45, 7) is 5.86. The van der Waals surface area contributed by atoms with Gasteiger partial charge in [-0.1, -0.05) is 13.8 Å². The molecule has 0 unspecified atom stereocenters. The summed E-state index contributed by atoms with van der Waals surface area (Å²) >= 11 is 0. The molecule has 2 rings (SSSR count). The molecular weight excluding hydrogens is 242 g/mol. The Labute approximate surface area is 114 Å². The first-order valence-electron chi connectivity index (χ1n) is 6.92. The van der Waals surface area contributed by atoms with Crippen LogP contribution in [0.2, 0.25) is 0 Å². The van der Waals surface area contributed by atoms with Crippen molar-refractivity contribution in [3.8, 4) is 0 Å². The number of ether oxygens (including phenoxy) is 1. The topological polar surface area (TPSA) is 56.1 Å². The van der Waals surface area contributed by atoms with Gasteiger partial charge in [-0.25, -0.2) is 0 Å². The van der Waals surface area contributed by atoms with E-state index in [9.17, 15) is 4.79 Å². The minimum atomic E-state index is 0.0578. The average molecular weight is 265 g/mol. The summed E-state index contributed by atoms with van der Waals surface area (Å²) in [5.41, 5.74) is 0.947. The summed E-state index contributed by atoms with van der Waals surface area (Å²) in [5.74, 6) is 1.00. The predicted octanol–water partition coefficient (Wildman–Crippen LogP) is 1.14. The molecular formula is C14H23N3O2. The molecule has 5 heteroatoms. The van der Waals surface area contributed by atoms with Gasteiger partial charge in [0.15, 0.2) is 0 Å². The Kier molecular flexibility index (Phi) is 4.58. The molecule has 0 radical (unpaired) electrons. The molecule has 1 aromatic rings. The number of hydrogen-bond donors (Lipinski definition) is 1. The predicted molar refractivity (Wildman–Crippen MR) is 72.6 cm³/mol. The van der Waals surface area contributed by atoms with Crippen molar-refractivity contribution in [1.82, 2.24) is 15.1 Å². The molecule has 1 saturated heterocycles. The van der Waals surface area contributed by atoms with Gasteiger partial charge in [-0.15, -0.1) is 0 Å². The maximum absolute atomic E-state index is 11.9. The largest absolute Gasteiger partial charge is 0.378 e. The molecule has 1 aliphatic rings. The SMILES string of the molecule is CC(C)[C@H]1OCC[C@@H]1CNC(=O)Cc1cnn(C)c1. The van der Waals surface area contributed by atoms with E-state index in [1.165, 1.54) is 0 Å². The van der Waals surface area contributed by atoms with Crippen molar-refractivity contribution < 1.29 is 9.53 Å². The zero-order chi connectivity index (χ0) is 13.8. The van der Waals surface area contributed by atoms with Crippen LogP contribution in [0.5, 0.6) is 0 Å². The number of carbonyl (C=O) groups is 1. The van der Waals surface area contributed by atoms with Crippen LogP contribution >= 0.6 is 0 Å². The summed E-state index contributed by atoms with van der Waals surface area (Å²) in [6.07, 6.45) is 5.31. The quantitative estimate of drug-likeness (QED) is 0.868. The van der Waals surface area contributed by atoms with Gasteiger partial charge in [0.1, 0.15) is 0 Å². The number of hydrogen-bond acceptors (Lipinski definition) is 3. The third-order valence-corrected chi connectivity index (χ3v) is 3.61. The van der Waals surface area contributed by atoms with Crippen molar-refractivity contribution in [2.45, 2.75) is 32.8 Å². The summed E-state index contributed by atoms with van der Waals surface area (Å²) in [5, 5.41) is 7.07. The molecule has 19 heavy (non-hydrogen) atoms. The molecule has 1 aliphatic heterocycles. The maximum atomic E-state index is 11.9. The molecule has 2 atom stereocenters. The second-order valence-corrected chi connectivity index (χ2v) is 5.63. The zero-order valence-corrected chi connectivity index (χ0v) is 11.9. The zero-order valence-electron chi connectivity index (χ0n) is 11.9. The molecule has 0 saturated carbocycles. The average Bonchev–Trinajstić information content (AvgIpc) is 2.95. The summed E-state index contributed by atoms with van der Waals surface area (Å²) < 4.78 is 7.43. The first-order chi connectivity index (χ1) is 9.06. The summed E-state index contributed by atoms with van der Waals surface area (Å²) in [4.78, 5) is 11.9. The lowest BCUT2D eigenvalue weighted by molar-refractivity contribution is -0.120. The van der Waals surface area contributed by atoms with E-state index < -0.39 is 0 Å². The van der Waals surface area contributed by atoms with Crippen LogP contribution < -0.4 is 5.32 Å². The Morgan fingerprint density at radius 1 is 1.63 bits per heavy atom. The number of carbonyl (C=O) groups excluding carboxylic acids is 1. The second kappa shape index (κ2) is 6.19. The highest BCUT2D eigenvalue weighted by Gasteiger charge is 2.30. The fraction of sp³-hybridized carbons (Fsp3) is 0.714. The Morgan fingerprint density at radius 2 is 2.42 bits per heavy atom. The lowest BCUT2D eigenvalue weighted by atomic mass is 9.93. The fourth-order valence-corrected chi connectivity index (χ4v) is 2.67.